The van der Waals surface area contributed by atoms with Crippen LogP contribution in [0.25, 0.3) is 0 Å². The zero-order valence-corrected chi connectivity index (χ0v) is 53.5. The number of aliphatic hydroxyl groups is 15. The van der Waals surface area contributed by atoms with Gasteiger partial charge in [-0.2, -0.15) is 0 Å². The second-order valence-corrected chi connectivity index (χ2v) is 25.2. The van der Waals surface area contributed by atoms with Crippen molar-refractivity contribution in [1.29, 1.82) is 0 Å². The number of hydrogen-bond acceptors (Lipinski definition) is 29. The van der Waals surface area contributed by atoms with Crippen LogP contribution in [-0.4, -0.2) is 321 Å². The highest BCUT2D eigenvalue weighted by molar-refractivity contribution is 14.1. The first-order chi connectivity index (χ1) is 44.1. The highest BCUT2D eigenvalue weighted by Crippen LogP contribution is 2.35. The summed E-state index contributed by atoms with van der Waals surface area (Å²) in [5.41, 5.74) is 13.0. The van der Waals surface area contributed by atoms with E-state index in [-0.39, 0.29) is 36.9 Å². The molecule has 0 radical (unpaired) electrons. The number of aliphatic imine (C=N–C) groups is 1. The van der Waals surface area contributed by atoms with Gasteiger partial charge in [-0.3, -0.25) is 51.3 Å². The first-order valence-corrected chi connectivity index (χ1v) is 31.4. The maximum Gasteiger partial charge on any atom is 0.358 e. The van der Waals surface area contributed by atoms with Crippen LogP contribution in [-0.2, 0) is 44.5 Å². The van der Waals surface area contributed by atoms with Crippen molar-refractivity contribution in [2.24, 2.45) is 16.5 Å². The molecule has 0 aromatic heterocycles. The summed E-state index contributed by atoms with van der Waals surface area (Å²) in [4.78, 5) is 69.3. The minimum Gasteiger partial charge on any atom is -0.858 e. The van der Waals surface area contributed by atoms with Crippen LogP contribution >= 0.6 is 45.2 Å². The number of nitrogens with two attached hydrogens (primary N) is 2. The van der Waals surface area contributed by atoms with Crippen LogP contribution in [0.15, 0.2) is 47.5 Å². The molecule has 6 aliphatic rings. The Kier molecular flexibility index (Phi) is 25.1. The average Bonchev–Trinajstić information content (AvgIpc) is 1.77. The average molecular weight is 1550 g/mol. The molecule has 37 nitrogen and oxygen atoms in total. The molecule has 1 unspecified atom stereocenters. The molecule has 27 N–H and O–H groups in total. The van der Waals surface area contributed by atoms with Crippen LogP contribution < -0.4 is 63.2 Å². The van der Waals surface area contributed by atoms with Gasteiger partial charge in [0.1, 0.15) is 134 Å². The summed E-state index contributed by atoms with van der Waals surface area (Å²) in [6.45, 7) is -3.64. The molecule has 2 aromatic carbocycles. The van der Waals surface area contributed by atoms with E-state index >= 15 is 9.59 Å². The lowest BCUT2D eigenvalue weighted by Gasteiger charge is -2.45. The van der Waals surface area contributed by atoms with Crippen LogP contribution in [0.3, 0.4) is 0 Å². The van der Waals surface area contributed by atoms with Crippen molar-refractivity contribution in [3.63, 3.8) is 0 Å². The fraction of sp³-hybridized carbons (Fsp3) is 0.630. The van der Waals surface area contributed by atoms with Gasteiger partial charge in [-0.15, -0.1) is 0 Å². The fourth-order valence-corrected chi connectivity index (χ4v) is 13.5. The lowest BCUT2D eigenvalue weighted by Crippen LogP contribution is -2.80. The smallest absolute Gasteiger partial charge is 0.358 e. The van der Waals surface area contributed by atoms with E-state index < -0.39 is 234 Å². The number of rotatable bonds is 17. The highest BCUT2D eigenvalue weighted by Gasteiger charge is 2.55. The van der Waals surface area contributed by atoms with Gasteiger partial charge in [0.25, 0.3) is 0 Å². The third-order valence-electron chi connectivity index (χ3n) is 16.7. The molecule has 39 heteroatoms. The third kappa shape index (κ3) is 16.4. The molecule has 25 atom stereocenters. The predicted octanol–water partition coefficient (Wildman–Crippen LogP) is -16.5. The first kappa shape index (κ1) is 73.2. The van der Waals surface area contributed by atoms with Gasteiger partial charge in [0, 0.05) is 18.2 Å². The third-order valence-corrected chi connectivity index (χ3v) is 18.3. The molecule has 4 amide bonds. The number of halogens is 2. The van der Waals surface area contributed by atoms with Crippen LogP contribution in [0.4, 0.5) is 0 Å². The molecule has 3 saturated heterocycles. The Morgan fingerprint density at radius 1 is 0.688 bits per heavy atom. The summed E-state index contributed by atoms with van der Waals surface area (Å²) in [5.74, 6) is -8.49. The number of aliphatic hydroxyl groups excluding tert-OH is 15. The Morgan fingerprint density at radius 3 is 1.87 bits per heavy atom. The van der Waals surface area contributed by atoms with Crippen molar-refractivity contribution in [2.45, 2.75) is 166 Å². The van der Waals surface area contributed by atoms with Crippen molar-refractivity contribution in [1.82, 2.24) is 31.9 Å². The molecular formula is C54H78I2N12O25+2. The van der Waals surface area contributed by atoms with E-state index in [9.17, 15) is 91.3 Å². The van der Waals surface area contributed by atoms with E-state index in [0.29, 0.717) is 5.56 Å². The van der Waals surface area contributed by atoms with Gasteiger partial charge in [-0.25, -0.2) is 9.57 Å². The molecule has 2 aromatic rings. The molecule has 6 aliphatic heterocycles. The number of guanidine groups is 2. The van der Waals surface area contributed by atoms with Gasteiger partial charge in [-0.1, -0.05) is 37.3 Å². The number of benzene rings is 2. The number of nitrogens with one attached hydrogen (secondary N) is 8. The van der Waals surface area contributed by atoms with E-state index in [2.05, 4.69) is 46.9 Å². The minimum atomic E-state index is -2.30. The Hall–Kier alpha value is -5.66. The number of nitrogens with zero attached hydrogens (tertiary/aromatic N) is 2. The predicted molar refractivity (Wildman–Crippen MR) is 326 cm³/mol. The van der Waals surface area contributed by atoms with Gasteiger partial charge < -0.3 is 127 Å². The zero-order valence-electron chi connectivity index (χ0n) is 49.2. The first-order valence-electron chi connectivity index (χ1n) is 29.2. The van der Waals surface area contributed by atoms with Crippen molar-refractivity contribution in [2.75, 3.05) is 46.1 Å². The molecule has 3 fully saturated rings. The summed E-state index contributed by atoms with van der Waals surface area (Å²) >= 11 is 3.66. The molecule has 6 heterocycles. The van der Waals surface area contributed by atoms with Crippen molar-refractivity contribution in [3.8, 4) is 5.75 Å². The van der Waals surface area contributed by atoms with Crippen molar-refractivity contribution >= 4 is 92.5 Å². The quantitative estimate of drug-likeness (QED) is 0.0516. The van der Waals surface area contributed by atoms with Gasteiger partial charge in [0.05, 0.1) is 40.1 Å². The van der Waals surface area contributed by atoms with Crippen LogP contribution in [0.5, 0.6) is 5.75 Å². The topological polar surface area (TPSA) is 608 Å². The molecule has 93 heavy (non-hydrogen) atoms. The standard InChI is InChI=1S/C54H76I2N12O25/c1-17(19-5-3-2-4-6-19)30-47(86)62-22(9-18-7-20(55)43(21(56)8-18)92-52-42(83)39(80)44(28(16-72)91-52)93-51-41(82)38(79)36(77)27(15-71)90-51)46(85)66-31(33(74)23-10-60-53(57)64-23)49(88)67-32(48(87)63-24(13-69)45(84)59-12-29(73)65-30)34(75)25-11-61-54(58)68(25)50-40(81)37(78)35(76)26(14-70)89-50/h2-8,17,22-28,30-42,44,50-52,69-72,74-83H,9-16H2,1H3,(H11,57,58,59,60,61,62,63,64,65,66,67,73,84,85,86,87,88)/p+2/t17-,22-,23+,24?,25+,26+,27+,28-,30-,31+,32-,33-,34-,35+,36+,37+,38+,39+,40+,41+,42-,44-,50-,51+,52-/m1/s1. The highest BCUT2D eigenvalue weighted by atomic mass is 127. The van der Waals surface area contributed by atoms with E-state index in [1.54, 1.807) is 37.3 Å². The SMILES string of the molecule is C[C@H](c1ccccc1)[C@H]1N=C([O-])C[NH+]=C(O)C(CO)NC(=O)[C@@H]([C@H](O)[C@@H]2CNC(N)=[N+]2[C@@H]2O[C@@H](CO)[C@H](O)[C@H](O)[C@@H]2O)NC(=O)[C@H]([C@H](O)[C@@H]2C[NH+]=C(N)N2)NC(=O)[C@@H](Cc2cc(I)c(O[C@H]3O[C@H](CO)[C@@H](O[C@@H]4O[C@@H](CO)[C@H](O)[C@H](O)[C@@H]4O)[C@@H](O)[C@H]3O)c(I)c2)NC1=O. The lowest BCUT2D eigenvalue weighted by atomic mass is 9.92. The number of amides is 4. The monoisotopic (exact) mass is 1550 g/mol. The van der Waals surface area contributed by atoms with Gasteiger partial charge >= 0.3 is 17.8 Å². The molecule has 0 bridgehead atoms. The van der Waals surface area contributed by atoms with Gasteiger partial charge in [-0.05, 0) is 68.4 Å². The van der Waals surface area contributed by atoms with Crippen molar-refractivity contribution in [3.05, 3.63) is 60.7 Å². The fourth-order valence-electron chi connectivity index (χ4n) is 11.4. The largest absolute Gasteiger partial charge is 0.858 e. The zero-order chi connectivity index (χ0) is 68.0. The number of hydrogen-bond donors (Lipinski definition) is 25. The van der Waals surface area contributed by atoms with E-state index in [1.165, 1.54) is 12.1 Å². The molecule has 516 valence electrons. The second kappa shape index (κ2) is 31.9. The Labute approximate surface area is 555 Å². The number of carbonyl (C=O) groups excluding carboxylic acids is 4. The summed E-state index contributed by atoms with van der Waals surface area (Å²) in [6, 6.07) is -1.43. The molecular weight excluding hydrogens is 1470 g/mol. The Balaban J connectivity index is 1.15. The summed E-state index contributed by atoms with van der Waals surface area (Å²) in [5, 5.41) is 192. The van der Waals surface area contributed by atoms with Crippen LogP contribution in [0, 0.1) is 7.14 Å². The maximum atomic E-state index is 15.3. The summed E-state index contributed by atoms with van der Waals surface area (Å²) in [7, 11) is 0. The molecule has 0 aliphatic carbocycles. The molecule has 0 saturated carbocycles. The van der Waals surface area contributed by atoms with E-state index in [4.69, 9.17) is 35.2 Å². The maximum absolute atomic E-state index is 15.3. The van der Waals surface area contributed by atoms with Crippen molar-refractivity contribution < 1.29 is 139 Å². The number of carbonyl (C=O) groups is 4. The Bertz CT molecular complexity index is 3070. The summed E-state index contributed by atoms with van der Waals surface area (Å²) in [6.07, 6.45) is -31.6. The van der Waals surface area contributed by atoms with Crippen LogP contribution in [0.2, 0.25) is 0 Å². The summed E-state index contributed by atoms with van der Waals surface area (Å²) < 4.78 is 30.2. The Morgan fingerprint density at radius 2 is 1.26 bits per heavy atom. The van der Waals surface area contributed by atoms with Crippen LogP contribution in [0.1, 0.15) is 24.0 Å². The number of ether oxygens (including phenoxy) is 5. The molecule has 0 spiro atoms. The second-order valence-electron chi connectivity index (χ2n) is 22.9. The van der Waals surface area contributed by atoms with Gasteiger partial charge in [0.15, 0.2) is 18.9 Å². The molecule has 8 rings (SSSR count). The van der Waals surface area contributed by atoms with E-state index in [1.807, 2.05) is 45.2 Å². The minimum absolute atomic E-state index is 0.00434. The normalized spacial score (nSPS) is 37.0. The van der Waals surface area contributed by atoms with E-state index in [0.717, 1.165) is 4.58 Å². The lowest BCUT2D eigenvalue weighted by molar-refractivity contribution is -0.663. The van der Waals surface area contributed by atoms with Gasteiger partial charge in [0.2, 0.25) is 36.1 Å².